The third-order valence-corrected chi connectivity index (χ3v) is 5.58. The van der Waals surface area contributed by atoms with Gasteiger partial charge in [-0.15, -0.1) is 12.6 Å². The Bertz CT molecular complexity index is 1160. The molecule has 0 amide bonds. The van der Waals surface area contributed by atoms with Gasteiger partial charge in [0.05, 0.1) is 21.9 Å². The van der Waals surface area contributed by atoms with Crippen LogP contribution in [0.4, 0.5) is 11.4 Å². The second kappa shape index (κ2) is 9.17. The Kier molecular flexibility index (Phi) is 6.61. The predicted molar refractivity (Wildman–Crippen MR) is 124 cm³/mol. The number of carboxylic acids is 1. The molecule has 0 aromatic heterocycles. The number of anilines is 2. The summed E-state index contributed by atoms with van der Waals surface area (Å²) in [6.45, 7) is 1.49. The molecule has 3 rings (SSSR count). The van der Waals surface area contributed by atoms with E-state index in [2.05, 4.69) is 17.9 Å². The maximum Gasteiger partial charge on any atom is 0.337 e. The molecule has 0 spiro atoms. The standard InChI is InChI=1S/C22H20N2O4S2/c1-13(30(27)28)21(24-20-5-3-2-4-17(20)22(25)26)18-12-15(8-11-19(18)23)14-6-9-16(29)10-7-14/h2-12,24,29H,23H2,1H3,(H,25,26)(H,27,28)/b21-13-. The van der Waals surface area contributed by atoms with E-state index in [0.717, 1.165) is 16.0 Å². The first-order valence-electron chi connectivity index (χ1n) is 8.88. The number of thiol groups is 1. The minimum atomic E-state index is -2.29. The summed E-state index contributed by atoms with van der Waals surface area (Å²) in [5, 5.41) is 12.5. The molecule has 1 unspecified atom stereocenters. The molecule has 0 radical (unpaired) electrons. The van der Waals surface area contributed by atoms with Gasteiger partial charge in [0.25, 0.3) is 0 Å². The monoisotopic (exact) mass is 440 g/mol. The van der Waals surface area contributed by atoms with E-state index < -0.39 is 17.0 Å². The third-order valence-electron chi connectivity index (χ3n) is 4.55. The lowest BCUT2D eigenvalue weighted by atomic mass is 9.99. The van der Waals surface area contributed by atoms with Gasteiger partial charge in [-0.2, -0.15) is 0 Å². The molecule has 3 aromatic rings. The van der Waals surface area contributed by atoms with Gasteiger partial charge in [0.1, 0.15) is 0 Å². The lowest BCUT2D eigenvalue weighted by Crippen LogP contribution is -2.10. The number of allylic oxidation sites excluding steroid dienone is 1. The van der Waals surface area contributed by atoms with Crippen LogP contribution in [-0.2, 0) is 11.1 Å². The van der Waals surface area contributed by atoms with Crippen LogP contribution >= 0.6 is 12.6 Å². The summed E-state index contributed by atoms with van der Waals surface area (Å²) in [5.41, 5.74) is 9.42. The maximum absolute atomic E-state index is 11.9. The Labute approximate surface area is 182 Å². The summed E-state index contributed by atoms with van der Waals surface area (Å²) >= 11 is 2.01. The highest BCUT2D eigenvalue weighted by Crippen LogP contribution is 2.32. The summed E-state index contributed by atoms with van der Waals surface area (Å²) in [5.74, 6) is -1.12. The van der Waals surface area contributed by atoms with E-state index in [4.69, 9.17) is 5.73 Å². The van der Waals surface area contributed by atoms with Gasteiger partial charge in [-0.05, 0) is 54.4 Å². The fourth-order valence-corrected chi connectivity index (χ4v) is 3.44. The van der Waals surface area contributed by atoms with Crippen LogP contribution in [-0.4, -0.2) is 19.8 Å². The molecule has 0 bridgehead atoms. The van der Waals surface area contributed by atoms with E-state index in [1.807, 2.05) is 30.3 Å². The molecule has 0 aliphatic carbocycles. The number of nitrogens with two attached hydrogens (primary N) is 1. The molecule has 0 saturated heterocycles. The van der Waals surface area contributed by atoms with Crippen LogP contribution in [0, 0.1) is 0 Å². The van der Waals surface area contributed by atoms with Gasteiger partial charge in [0.2, 0.25) is 0 Å². The van der Waals surface area contributed by atoms with Crippen molar-refractivity contribution in [3.63, 3.8) is 0 Å². The smallest absolute Gasteiger partial charge is 0.337 e. The fourth-order valence-electron chi connectivity index (χ4n) is 2.95. The summed E-state index contributed by atoms with van der Waals surface area (Å²) in [6, 6.07) is 19.2. The average molecular weight is 441 g/mol. The maximum atomic E-state index is 11.9. The van der Waals surface area contributed by atoms with E-state index in [9.17, 15) is 18.7 Å². The number of rotatable bonds is 6. The normalized spacial score (nSPS) is 12.8. The molecule has 5 N–H and O–H groups in total. The van der Waals surface area contributed by atoms with Gasteiger partial charge in [0.15, 0.2) is 11.1 Å². The largest absolute Gasteiger partial charge is 0.478 e. The lowest BCUT2D eigenvalue weighted by molar-refractivity contribution is 0.0698. The van der Waals surface area contributed by atoms with Crippen molar-refractivity contribution in [2.24, 2.45) is 0 Å². The van der Waals surface area contributed by atoms with Crippen LogP contribution in [0.3, 0.4) is 0 Å². The van der Waals surface area contributed by atoms with E-state index in [1.165, 1.54) is 13.0 Å². The Morgan fingerprint density at radius 2 is 1.63 bits per heavy atom. The van der Waals surface area contributed by atoms with Gasteiger partial charge >= 0.3 is 5.97 Å². The average Bonchev–Trinajstić information content (AvgIpc) is 2.73. The molecule has 0 aliphatic rings. The Hall–Kier alpha value is -3.07. The summed E-state index contributed by atoms with van der Waals surface area (Å²) in [4.78, 5) is 12.5. The van der Waals surface area contributed by atoms with Crippen LogP contribution in [0.2, 0.25) is 0 Å². The zero-order valence-corrected chi connectivity index (χ0v) is 17.7. The Balaban J connectivity index is 2.16. The number of hydrogen-bond donors (Lipinski definition) is 5. The van der Waals surface area contributed by atoms with Gasteiger partial charge < -0.3 is 20.7 Å². The first-order chi connectivity index (χ1) is 14.3. The molecule has 3 aromatic carbocycles. The van der Waals surface area contributed by atoms with E-state index in [1.54, 1.807) is 30.3 Å². The van der Waals surface area contributed by atoms with Crippen LogP contribution < -0.4 is 11.1 Å². The first-order valence-corrected chi connectivity index (χ1v) is 10.4. The summed E-state index contributed by atoms with van der Waals surface area (Å²) < 4.78 is 21.6. The topological polar surface area (TPSA) is 113 Å². The highest BCUT2D eigenvalue weighted by Gasteiger charge is 2.17. The quantitative estimate of drug-likeness (QED) is 0.211. The minimum absolute atomic E-state index is 0.0330. The van der Waals surface area contributed by atoms with E-state index >= 15 is 0 Å². The van der Waals surface area contributed by atoms with Crippen molar-refractivity contribution in [3.05, 3.63) is 82.8 Å². The molecule has 0 fully saturated rings. The van der Waals surface area contributed by atoms with Crippen LogP contribution in [0.15, 0.2) is 76.5 Å². The van der Waals surface area contributed by atoms with Crippen molar-refractivity contribution >= 4 is 46.8 Å². The summed E-state index contributed by atoms with van der Waals surface area (Å²) in [6.07, 6.45) is 0. The fraction of sp³-hybridized carbons (Fsp3) is 0.0455. The van der Waals surface area contributed by atoms with Crippen LogP contribution in [0.1, 0.15) is 22.8 Å². The van der Waals surface area contributed by atoms with Crippen LogP contribution in [0.25, 0.3) is 16.8 Å². The zero-order chi connectivity index (χ0) is 21.8. The number of carbonyl (C=O) groups is 1. The van der Waals surface area contributed by atoms with Gasteiger partial charge in [-0.25, -0.2) is 9.00 Å². The minimum Gasteiger partial charge on any atom is -0.478 e. The second-order valence-electron chi connectivity index (χ2n) is 6.50. The number of carboxylic acid groups (broad SMARTS) is 1. The highest BCUT2D eigenvalue weighted by molar-refractivity contribution is 7.83. The van der Waals surface area contributed by atoms with Crippen molar-refractivity contribution in [2.75, 3.05) is 11.1 Å². The molecule has 0 saturated carbocycles. The number of nitrogen functional groups attached to an aromatic ring is 1. The molecule has 0 aliphatic heterocycles. The number of para-hydroxylation sites is 1. The van der Waals surface area contributed by atoms with Crippen LogP contribution in [0.5, 0.6) is 0 Å². The molecular weight excluding hydrogens is 420 g/mol. The number of benzene rings is 3. The molecular formula is C22H20N2O4S2. The van der Waals surface area contributed by atoms with Gasteiger partial charge in [-0.1, -0.05) is 30.3 Å². The molecule has 0 heterocycles. The third kappa shape index (κ3) is 4.73. The molecule has 30 heavy (non-hydrogen) atoms. The van der Waals surface area contributed by atoms with Crippen molar-refractivity contribution < 1.29 is 18.7 Å². The Morgan fingerprint density at radius 1 is 1.00 bits per heavy atom. The van der Waals surface area contributed by atoms with Crippen molar-refractivity contribution in [2.45, 2.75) is 11.8 Å². The van der Waals surface area contributed by atoms with Crippen molar-refractivity contribution in [1.82, 2.24) is 0 Å². The van der Waals surface area contributed by atoms with Gasteiger partial charge in [0, 0.05) is 16.1 Å². The molecule has 6 nitrogen and oxygen atoms in total. The Morgan fingerprint density at radius 3 is 2.27 bits per heavy atom. The second-order valence-corrected chi connectivity index (χ2v) is 8.13. The molecule has 8 heteroatoms. The van der Waals surface area contributed by atoms with E-state index in [-0.39, 0.29) is 21.9 Å². The first kappa shape index (κ1) is 21.6. The molecule has 154 valence electrons. The number of hydrogen-bond acceptors (Lipinski definition) is 5. The van der Waals surface area contributed by atoms with E-state index in [0.29, 0.717) is 11.3 Å². The number of nitrogens with one attached hydrogen (secondary N) is 1. The zero-order valence-electron chi connectivity index (χ0n) is 16.0. The lowest BCUT2D eigenvalue weighted by Gasteiger charge is -2.18. The highest BCUT2D eigenvalue weighted by atomic mass is 32.2. The SMILES string of the molecule is C/C(=C(/Nc1ccccc1C(=O)O)c1cc(-c2ccc(S)cc2)ccc1N)S(=O)O. The predicted octanol–water partition coefficient (Wildman–Crippen LogP) is 4.95. The molecule has 1 atom stereocenters. The number of aromatic carboxylic acids is 1. The summed E-state index contributed by atoms with van der Waals surface area (Å²) in [7, 11) is 0. The van der Waals surface area contributed by atoms with Gasteiger partial charge in [-0.3, -0.25) is 0 Å². The van der Waals surface area contributed by atoms with Crippen molar-refractivity contribution in [1.29, 1.82) is 0 Å². The van der Waals surface area contributed by atoms with Crippen molar-refractivity contribution in [3.8, 4) is 11.1 Å².